The van der Waals surface area contributed by atoms with Crippen LogP contribution < -0.4 is 4.68 Å². The lowest BCUT2D eigenvalue weighted by Gasteiger charge is -2.00. The molecule has 1 heterocycles. The second kappa shape index (κ2) is 2.69. The van der Waals surface area contributed by atoms with Crippen molar-refractivity contribution < 1.29 is 4.68 Å². The predicted octanol–water partition coefficient (Wildman–Crippen LogP) is 1.66. The lowest BCUT2D eigenvalue weighted by Crippen LogP contribution is -2.27. The third-order valence-corrected chi connectivity index (χ3v) is 1.62. The number of aromatic nitrogens is 1. The van der Waals surface area contributed by atoms with Crippen molar-refractivity contribution >= 4 is 0 Å². The van der Waals surface area contributed by atoms with E-state index in [1.165, 1.54) is 10.2 Å². The van der Waals surface area contributed by atoms with Gasteiger partial charge in [-0.1, -0.05) is 6.92 Å². The zero-order valence-corrected chi connectivity index (χ0v) is 6.39. The Morgan fingerprint density at radius 1 is 1.50 bits per heavy atom. The van der Waals surface area contributed by atoms with Crippen molar-refractivity contribution in [3.05, 3.63) is 35.4 Å². The minimum atomic E-state index is 0.970. The van der Waals surface area contributed by atoms with Crippen LogP contribution >= 0.6 is 0 Å². The maximum atomic E-state index is 7.38. The summed E-state index contributed by atoms with van der Waals surface area (Å²) in [6, 6.07) is 4.02. The van der Waals surface area contributed by atoms with Gasteiger partial charge in [-0.3, -0.25) is 0 Å². The van der Waals surface area contributed by atoms with Crippen LogP contribution in [0.5, 0.6) is 0 Å². The molecule has 54 valence electrons. The molecular formula is C8H12N2. The number of pyridine rings is 1. The van der Waals surface area contributed by atoms with E-state index < -0.39 is 0 Å². The Bertz CT molecular complexity index is 231. The first-order valence-electron chi connectivity index (χ1n) is 3.47. The molecule has 0 atom stereocenters. The molecular weight excluding hydrogens is 124 g/mol. The highest BCUT2D eigenvalue weighted by Crippen LogP contribution is 1.97. The molecule has 0 saturated carbocycles. The quantitative estimate of drug-likeness (QED) is 0.525. The summed E-state index contributed by atoms with van der Waals surface area (Å²) in [6.07, 6.45) is 2.84. The van der Waals surface area contributed by atoms with Gasteiger partial charge in [-0.15, -0.1) is 0 Å². The van der Waals surface area contributed by atoms with Crippen LogP contribution in [-0.2, 0) is 6.42 Å². The largest absolute Gasteiger partial charge is 0.449 e. The molecule has 0 amide bonds. The molecule has 0 unspecified atom stereocenters. The van der Waals surface area contributed by atoms with Gasteiger partial charge in [-0.05, 0) is 12.5 Å². The lowest BCUT2D eigenvalue weighted by atomic mass is 10.2. The summed E-state index contributed by atoms with van der Waals surface area (Å²) < 4.78 is 1.40. The molecule has 0 aromatic carbocycles. The summed E-state index contributed by atoms with van der Waals surface area (Å²) >= 11 is 0. The maximum absolute atomic E-state index is 7.38. The third-order valence-electron chi connectivity index (χ3n) is 1.62. The highest BCUT2D eigenvalue weighted by atomic mass is 15.3. The first-order chi connectivity index (χ1) is 4.74. The Morgan fingerprint density at radius 2 is 2.20 bits per heavy atom. The first kappa shape index (κ1) is 7.06. The van der Waals surface area contributed by atoms with Crippen LogP contribution in [0.3, 0.4) is 0 Å². The summed E-state index contributed by atoms with van der Waals surface area (Å²) in [4.78, 5) is 0. The predicted molar refractivity (Wildman–Crippen MR) is 40.5 cm³/mol. The van der Waals surface area contributed by atoms with E-state index in [4.69, 9.17) is 5.84 Å². The summed E-state index contributed by atoms with van der Waals surface area (Å²) in [5.74, 6) is 7.38. The summed E-state index contributed by atoms with van der Waals surface area (Å²) in [7, 11) is 0. The van der Waals surface area contributed by atoms with Crippen molar-refractivity contribution in [3.8, 4) is 0 Å². The van der Waals surface area contributed by atoms with E-state index in [-0.39, 0.29) is 0 Å². The Labute approximate surface area is 61.3 Å². The van der Waals surface area contributed by atoms with Crippen LogP contribution in [-0.4, -0.2) is 0 Å². The van der Waals surface area contributed by atoms with Crippen molar-refractivity contribution in [2.45, 2.75) is 20.3 Å². The van der Waals surface area contributed by atoms with Gasteiger partial charge in [0, 0.05) is 18.6 Å². The highest BCUT2D eigenvalue weighted by molar-refractivity contribution is 5.08. The van der Waals surface area contributed by atoms with Crippen molar-refractivity contribution in [2.75, 3.05) is 0 Å². The SMILES string of the molecule is CCc1ccc(C)[n+]([NH-])c1. The monoisotopic (exact) mass is 136 g/mol. The maximum Gasteiger partial charge on any atom is 0.173 e. The van der Waals surface area contributed by atoms with E-state index in [1.807, 2.05) is 19.2 Å². The average Bonchev–Trinajstić information content (AvgIpc) is 1.95. The van der Waals surface area contributed by atoms with Crippen LogP contribution in [0.25, 0.3) is 5.84 Å². The number of hydrogen-bond acceptors (Lipinski definition) is 0. The second-order valence-corrected chi connectivity index (χ2v) is 2.40. The minimum Gasteiger partial charge on any atom is -0.449 e. The Morgan fingerprint density at radius 3 is 2.70 bits per heavy atom. The summed E-state index contributed by atoms with van der Waals surface area (Å²) in [6.45, 7) is 4.01. The lowest BCUT2D eigenvalue weighted by molar-refractivity contribution is -0.613. The van der Waals surface area contributed by atoms with Crippen LogP contribution in [0.15, 0.2) is 18.3 Å². The van der Waals surface area contributed by atoms with E-state index in [2.05, 4.69) is 13.0 Å². The molecule has 2 heteroatoms. The molecule has 0 aliphatic rings. The van der Waals surface area contributed by atoms with Crippen LogP contribution in [0.2, 0.25) is 0 Å². The molecule has 0 radical (unpaired) electrons. The van der Waals surface area contributed by atoms with Gasteiger partial charge in [-0.2, -0.15) is 0 Å². The molecule has 0 aliphatic carbocycles. The normalized spacial score (nSPS) is 9.80. The molecule has 2 nitrogen and oxygen atoms in total. The average molecular weight is 136 g/mol. The molecule has 1 N–H and O–H groups in total. The summed E-state index contributed by atoms with van der Waals surface area (Å²) in [5, 5.41) is 0. The molecule has 0 saturated heterocycles. The van der Waals surface area contributed by atoms with Gasteiger partial charge in [0.2, 0.25) is 0 Å². The highest BCUT2D eigenvalue weighted by Gasteiger charge is 1.96. The van der Waals surface area contributed by atoms with Gasteiger partial charge < -0.3 is 5.84 Å². The minimum absolute atomic E-state index is 0.970. The van der Waals surface area contributed by atoms with Crippen molar-refractivity contribution in [3.63, 3.8) is 0 Å². The molecule has 10 heavy (non-hydrogen) atoms. The molecule has 1 aromatic heterocycles. The number of nitrogens with one attached hydrogen (secondary N) is 1. The zero-order valence-electron chi connectivity index (χ0n) is 6.39. The van der Waals surface area contributed by atoms with E-state index in [0.717, 1.165) is 12.1 Å². The van der Waals surface area contributed by atoms with Crippen LogP contribution in [0.1, 0.15) is 18.2 Å². The molecule has 0 fully saturated rings. The van der Waals surface area contributed by atoms with Gasteiger partial charge in [0.15, 0.2) is 11.9 Å². The van der Waals surface area contributed by atoms with Gasteiger partial charge >= 0.3 is 0 Å². The van der Waals surface area contributed by atoms with E-state index in [1.54, 1.807) is 0 Å². The standard InChI is InChI=1S/C8H12N2/c1-3-8-5-4-7(2)10(9)6-8/h4-6,9H,3H2,1-2H3. The van der Waals surface area contributed by atoms with Crippen molar-refractivity contribution in [1.29, 1.82) is 0 Å². The Kier molecular flexibility index (Phi) is 1.90. The van der Waals surface area contributed by atoms with Gasteiger partial charge in [0.25, 0.3) is 0 Å². The Balaban J connectivity index is 3.04. The van der Waals surface area contributed by atoms with Gasteiger partial charge in [-0.25, -0.2) is 4.68 Å². The van der Waals surface area contributed by atoms with Crippen LogP contribution in [0.4, 0.5) is 0 Å². The fourth-order valence-corrected chi connectivity index (χ4v) is 0.828. The zero-order chi connectivity index (χ0) is 7.56. The first-order valence-corrected chi connectivity index (χ1v) is 3.47. The number of nitrogens with zero attached hydrogens (tertiary/aromatic N) is 1. The molecule has 0 spiro atoms. The molecule has 0 bridgehead atoms. The van der Waals surface area contributed by atoms with E-state index in [0.29, 0.717) is 0 Å². The fourth-order valence-electron chi connectivity index (χ4n) is 0.828. The van der Waals surface area contributed by atoms with Crippen molar-refractivity contribution in [1.82, 2.24) is 0 Å². The number of rotatable bonds is 1. The van der Waals surface area contributed by atoms with Gasteiger partial charge in [0.1, 0.15) is 0 Å². The topological polar surface area (TPSA) is 27.7 Å². The van der Waals surface area contributed by atoms with E-state index >= 15 is 0 Å². The molecule has 0 aliphatic heterocycles. The number of hydrogen-bond donors (Lipinski definition) is 0. The molecule has 1 aromatic rings. The van der Waals surface area contributed by atoms with Crippen LogP contribution in [0, 0.1) is 6.92 Å². The third kappa shape index (κ3) is 1.26. The van der Waals surface area contributed by atoms with Crippen molar-refractivity contribution in [2.24, 2.45) is 0 Å². The Hall–Kier alpha value is -1.05. The smallest absolute Gasteiger partial charge is 0.173 e. The number of aryl methyl sites for hydroxylation is 2. The molecule has 1 rings (SSSR count). The van der Waals surface area contributed by atoms with E-state index in [9.17, 15) is 0 Å². The fraction of sp³-hybridized carbons (Fsp3) is 0.375. The second-order valence-electron chi connectivity index (χ2n) is 2.40. The summed E-state index contributed by atoms with van der Waals surface area (Å²) in [5.41, 5.74) is 2.18. The van der Waals surface area contributed by atoms with Gasteiger partial charge in [0.05, 0.1) is 0 Å².